The van der Waals surface area contributed by atoms with Gasteiger partial charge in [-0.25, -0.2) is 4.39 Å². The molecule has 3 heteroatoms. The van der Waals surface area contributed by atoms with Gasteiger partial charge in [-0.2, -0.15) is 0 Å². The van der Waals surface area contributed by atoms with Gasteiger partial charge in [0, 0.05) is 0 Å². The fraction of sp³-hybridized carbons (Fsp3) is 0.429. The van der Waals surface area contributed by atoms with Crippen molar-refractivity contribution in [3.8, 4) is 5.75 Å². The zero-order valence-corrected chi connectivity index (χ0v) is 10.7. The van der Waals surface area contributed by atoms with Crippen molar-refractivity contribution in [1.29, 1.82) is 0 Å². The van der Waals surface area contributed by atoms with E-state index in [9.17, 15) is 4.39 Å². The van der Waals surface area contributed by atoms with Crippen LogP contribution in [0.3, 0.4) is 0 Å². The maximum Gasteiger partial charge on any atom is 0.165 e. The Balaban J connectivity index is 2.68. The maximum absolute atomic E-state index is 13.5. The number of methoxy groups -OCH3 is 1. The number of ether oxygens (including phenoxy) is 1. The van der Waals surface area contributed by atoms with Crippen LogP contribution < -0.4 is 10.1 Å². The summed E-state index contributed by atoms with van der Waals surface area (Å²) in [6.45, 7) is 6.00. The molecule has 0 saturated carbocycles. The van der Waals surface area contributed by atoms with Gasteiger partial charge in [0.1, 0.15) is 0 Å². The van der Waals surface area contributed by atoms with Crippen LogP contribution in [0.25, 0.3) is 5.57 Å². The molecule has 0 saturated heterocycles. The van der Waals surface area contributed by atoms with E-state index in [4.69, 9.17) is 4.74 Å². The molecular formula is C14H20FNO. The third kappa shape index (κ3) is 4.19. The molecule has 94 valence electrons. The van der Waals surface area contributed by atoms with Crippen molar-refractivity contribution >= 4 is 5.57 Å². The number of hydrogen-bond acceptors (Lipinski definition) is 2. The molecule has 0 spiro atoms. The van der Waals surface area contributed by atoms with Crippen molar-refractivity contribution in [2.75, 3.05) is 20.2 Å². The van der Waals surface area contributed by atoms with Crippen LogP contribution in [0.15, 0.2) is 24.3 Å². The predicted molar refractivity (Wildman–Crippen MR) is 69.8 cm³/mol. The molecule has 1 N–H and O–H groups in total. The van der Waals surface area contributed by atoms with Gasteiger partial charge < -0.3 is 10.1 Å². The summed E-state index contributed by atoms with van der Waals surface area (Å²) in [6.07, 6.45) is 3.07. The van der Waals surface area contributed by atoms with Gasteiger partial charge in [-0.1, -0.05) is 19.1 Å². The number of nitrogens with one attached hydrogen (secondary N) is 1. The predicted octanol–water partition coefficient (Wildman–Crippen LogP) is 3.24. The van der Waals surface area contributed by atoms with E-state index >= 15 is 0 Å². The average molecular weight is 237 g/mol. The van der Waals surface area contributed by atoms with Crippen LogP contribution in [0.1, 0.15) is 25.8 Å². The van der Waals surface area contributed by atoms with Gasteiger partial charge in [0.15, 0.2) is 11.6 Å². The Kier molecular flexibility index (Phi) is 5.70. The smallest absolute Gasteiger partial charge is 0.165 e. The minimum Gasteiger partial charge on any atom is -0.494 e. The molecule has 1 aromatic rings. The second-order valence-corrected chi connectivity index (χ2v) is 3.88. The molecule has 0 bridgehead atoms. The summed E-state index contributed by atoms with van der Waals surface area (Å²) in [4.78, 5) is 0. The highest BCUT2D eigenvalue weighted by Crippen LogP contribution is 2.22. The summed E-state index contributed by atoms with van der Waals surface area (Å²) < 4.78 is 18.4. The van der Waals surface area contributed by atoms with E-state index in [0.717, 1.165) is 30.6 Å². The second kappa shape index (κ2) is 7.07. The lowest BCUT2D eigenvalue weighted by Crippen LogP contribution is -2.13. The van der Waals surface area contributed by atoms with Crippen molar-refractivity contribution in [3.63, 3.8) is 0 Å². The fourth-order valence-electron chi connectivity index (χ4n) is 1.60. The van der Waals surface area contributed by atoms with Crippen molar-refractivity contribution in [3.05, 3.63) is 35.7 Å². The van der Waals surface area contributed by atoms with Crippen molar-refractivity contribution in [2.24, 2.45) is 0 Å². The number of halogens is 1. The highest BCUT2D eigenvalue weighted by atomic mass is 19.1. The molecule has 1 aromatic carbocycles. The lowest BCUT2D eigenvalue weighted by Gasteiger charge is -2.06. The third-order valence-corrected chi connectivity index (χ3v) is 2.63. The average Bonchev–Trinajstić information content (AvgIpc) is 2.34. The quantitative estimate of drug-likeness (QED) is 0.767. The third-order valence-electron chi connectivity index (χ3n) is 2.63. The maximum atomic E-state index is 13.5. The number of benzene rings is 1. The summed E-state index contributed by atoms with van der Waals surface area (Å²) in [5.41, 5.74) is 1.99. The fourth-order valence-corrected chi connectivity index (χ4v) is 1.60. The molecule has 0 aliphatic carbocycles. The second-order valence-electron chi connectivity index (χ2n) is 3.88. The lowest BCUT2D eigenvalue weighted by molar-refractivity contribution is 0.386. The minimum atomic E-state index is -0.315. The zero-order valence-electron chi connectivity index (χ0n) is 10.7. The number of allylic oxidation sites excluding steroid dienone is 1. The van der Waals surface area contributed by atoms with E-state index in [1.807, 2.05) is 13.0 Å². The monoisotopic (exact) mass is 237 g/mol. The van der Waals surface area contributed by atoms with Gasteiger partial charge in [0.25, 0.3) is 0 Å². The molecule has 0 aliphatic heterocycles. The highest BCUT2D eigenvalue weighted by molar-refractivity contribution is 5.64. The van der Waals surface area contributed by atoms with Crippen LogP contribution in [0.4, 0.5) is 4.39 Å². The Labute approximate surface area is 102 Å². The Bertz CT molecular complexity index is 388. The molecule has 0 radical (unpaired) electrons. The molecule has 0 heterocycles. The molecule has 0 atom stereocenters. The lowest BCUT2D eigenvalue weighted by atomic mass is 10.1. The summed E-state index contributed by atoms with van der Waals surface area (Å²) in [5, 5.41) is 3.25. The van der Waals surface area contributed by atoms with Crippen LogP contribution >= 0.6 is 0 Å². The number of rotatable bonds is 6. The topological polar surface area (TPSA) is 21.3 Å². The molecule has 17 heavy (non-hydrogen) atoms. The Hall–Kier alpha value is -1.35. The molecule has 0 amide bonds. The summed E-state index contributed by atoms with van der Waals surface area (Å²) in [5.74, 6) is -0.0290. The van der Waals surface area contributed by atoms with Gasteiger partial charge in [0.05, 0.1) is 7.11 Å². The first kappa shape index (κ1) is 13.7. The standard InChI is InChI=1S/C14H20FNO/c1-4-16-9-5-6-11(2)12-7-8-14(17-3)13(15)10-12/h6-8,10,16H,4-5,9H2,1-3H3. The summed E-state index contributed by atoms with van der Waals surface area (Å²) in [6, 6.07) is 5.05. The van der Waals surface area contributed by atoms with Crippen molar-refractivity contribution in [2.45, 2.75) is 20.3 Å². The molecule has 0 fully saturated rings. The van der Waals surface area contributed by atoms with Crippen molar-refractivity contribution < 1.29 is 9.13 Å². The molecule has 1 rings (SSSR count). The van der Waals surface area contributed by atoms with E-state index < -0.39 is 0 Å². The molecule has 0 unspecified atom stereocenters. The van der Waals surface area contributed by atoms with Gasteiger partial charge in [-0.15, -0.1) is 0 Å². The normalized spacial score (nSPS) is 11.6. The van der Waals surface area contributed by atoms with E-state index in [2.05, 4.69) is 18.3 Å². The molecule has 0 aliphatic rings. The number of hydrogen-bond donors (Lipinski definition) is 1. The summed E-state index contributed by atoms with van der Waals surface area (Å²) >= 11 is 0. The Morgan fingerprint density at radius 2 is 2.24 bits per heavy atom. The highest BCUT2D eigenvalue weighted by Gasteiger charge is 2.04. The van der Waals surface area contributed by atoms with Gasteiger partial charge in [-0.05, 0) is 49.7 Å². The molecular weight excluding hydrogens is 217 g/mol. The largest absolute Gasteiger partial charge is 0.494 e. The minimum absolute atomic E-state index is 0.286. The zero-order chi connectivity index (χ0) is 12.7. The Morgan fingerprint density at radius 1 is 1.47 bits per heavy atom. The van der Waals surface area contributed by atoms with Crippen LogP contribution in [0, 0.1) is 5.82 Å². The van der Waals surface area contributed by atoms with Gasteiger partial charge in [0.2, 0.25) is 0 Å². The molecule has 0 aromatic heterocycles. The van der Waals surface area contributed by atoms with Crippen LogP contribution in [0.5, 0.6) is 5.75 Å². The first-order valence-electron chi connectivity index (χ1n) is 5.90. The van der Waals surface area contributed by atoms with Crippen molar-refractivity contribution in [1.82, 2.24) is 5.32 Å². The first-order valence-corrected chi connectivity index (χ1v) is 5.90. The van der Waals surface area contributed by atoms with E-state index in [1.165, 1.54) is 13.2 Å². The van der Waals surface area contributed by atoms with E-state index in [-0.39, 0.29) is 11.6 Å². The van der Waals surface area contributed by atoms with Crippen LogP contribution in [-0.2, 0) is 0 Å². The van der Waals surface area contributed by atoms with E-state index in [0.29, 0.717) is 0 Å². The SMILES string of the molecule is CCNCCC=C(C)c1ccc(OC)c(F)c1. The first-order chi connectivity index (χ1) is 8.19. The van der Waals surface area contributed by atoms with E-state index in [1.54, 1.807) is 6.07 Å². The summed E-state index contributed by atoms with van der Waals surface area (Å²) in [7, 11) is 1.47. The van der Waals surface area contributed by atoms with Gasteiger partial charge >= 0.3 is 0 Å². The van der Waals surface area contributed by atoms with Gasteiger partial charge in [-0.3, -0.25) is 0 Å². The van der Waals surface area contributed by atoms with Crippen LogP contribution in [0.2, 0.25) is 0 Å². The molecule has 2 nitrogen and oxygen atoms in total. The Morgan fingerprint density at radius 3 is 2.82 bits per heavy atom. The van der Waals surface area contributed by atoms with Crippen LogP contribution in [-0.4, -0.2) is 20.2 Å².